The van der Waals surface area contributed by atoms with Crippen LogP contribution in [0.1, 0.15) is 81.0 Å². The van der Waals surface area contributed by atoms with Gasteiger partial charge in [-0.05, 0) is 100 Å². The number of carbonyl (C=O) groups excluding carboxylic acids is 2. The van der Waals surface area contributed by atoms with Crippen molar-refractivity contribution in [1.29, 1.82) is 0 Å². The van der Waals surface area contributed by atoms with E-state index in [-0.39, 0.29) is 17.4 Å². The molecule has 1 heterocycles. The van der Waals surface area contributed by atoms with Crippen LogP contribution in [0.2, 0.25) is 5.02 Å². The number of carbonyl (C=O) groups is 2. The lowest BCUT2D eigenvalue weighted by atomic mass is 9.43. The molecule has 4 aliphatic rings. The van der Waals surface area contributed by atoms with Crippen LogP contribution in [-0.4, -0.2) is 49.4 Å². The van der Waals surface area contributed by atoms with E-state index in [4.69, 9.17) is 30.4 Å². The predicted octanol–water partition coefficient (Wildman–Crippen LogP) is 6.13. The van der Waals surface area contributed by atoms with Crippen molar-refractivity contribution in [3.05, 3.63) is 64.7 Å². The van der Waals surface area contributed by atoms with Gasteiger partial charge >= 0.3 is 13.1 Å². The molecule has 1 N–H and O–H groups in total. The van der Waals surface area contributed by atoms with Crippen LogP contribution < -0.4 is 10.1 Å². The van der Waals surface area contributed by atoms with Crippen LogP contribution in [0.5, 0.6) is 5.75 Å². The van der Waals surface area contributed by atoms with Gasteiger partial charge in [-0.25, -0.2) is 4.79 Å². The van der Waals surface area contributed by atoms with Crippen molar-refractivity contribution < 1.29 is 28.4 Å². The van der Waals surface area contributed by atoms with E-state index in [1.54, 1.807) is 48.5 Å². The highest BCUT2D eigenvalue weighted by Gasteiger charge is 2.68. The summed E-state index contributed by atoms with van der Waals surface area (Å²) in [5.41, 5.74) is -0.147. The Kier molecular flexibility index (Phi) is 7.75. The van der Waals surface area contributed by atoms with Crippen LogP contribution in [0.15, 0.2) is 48.5 Å². The number of esters is 1. The average Bonchev–Trinajstić information content (AvgIpc) is 3.28. The summed E-state index contributed by atoms with van der Waals surface area (Å²) in [6, 6.07) is 13.8. The number of halogens is 1. The van der Waals surface area contributed by atoms with E-state index >= 15 is 0 Å². The number of ether oxygens (including phenoxy) is 2. The largest absolute Gasteiger partial charge is 0.496 e. The third-order valence-corrected chi connectivity index (χ3v) is 9.73. The highest BCUT2D eigenvalue weighted by atomic mass is 35.5. The minimum absolute atomic E-state index is 0.0133. The van der Waals surface area contributed by atoms with Crippen LogP contribution in [-0.2, 0) is 14.0 Å². The summed E-state index contributed by atoms with van der Waals surface area (Å²) in [6.07, 6.45) is 3.04. The first kappa shape index (κ1) is 29.0. The molecule has 3 aliphatic carbocycles. The molecule has 7 nitrogen and oxygen atoms in total. The van der Waals surface area contributed by atoms with Gasteiger partial charge in [0.25, 0.3) is 5.91 Å². The van der Waals surface area contributed by atoms with E-state index < -0.39 is 30.2 Å². The van der Waals surface area contributed by atoms with Crippen molar-refractivity contribution in [2.75, 3.05) is 7.11 Å². The second kappa shape index (κ2) is 10.7. The van der Waals surface area contributed by atoms with Gasteiger partial charge in [-0.1, -0.05) is 37.6 Å². The monoisotopic (exact) mass is 567 g/mol. The van der Waals surface area contributed by atoms with Crippen LogP contribution in [0, 0.1) is 17.3 Å². The van der Waals surface area contributed by atoms with Crippen molar-refractivity contribution in [2.24, 2.45) is 17.3 Å². The Morgan fingerprint density at radius 2 is 1.82 bits per heavy atom. The van der Waals surface area contributed by atoms with Crippen molar-refractivity contribution in [1.82, 2.24) is 5.32 Å². The zero-order chi connectivity index (χ0) is 28.9. The summed E-state index contributed by atoms with van der Waals surface area (Å²) in [7, 11) is 0.915. The fourth-order valence-electron chi connectivity index (χ4n) is 6.87. The summed E-state index contributed by atoms with van der Waals surface area (Å²) < 4.78 is 24.5. The average molecular weight is 568 g/mol. The van der Waals surface area contributed by atoms with E-state index in [1.165, 1.54) is 7.11 Å². The fraction of sp³-hybridized carbons (Fsp3) is 0.548. The molecular weight excluding hydrogens is 529 g/mol. The van der Waals surface area contributed by atoms with E-state index in [2.05, 4.69) is 26.1 Å². The number of hydrogen-bond acceptors (Lipinski definition) is 6. The molecule has 0 spiro atoms. The Bertz CT molecular complexity index is 1270. The predicted molar refractivity (Wildman–Crippen MR) is 155 cm³/mol. The Labute approximate surface area is 242 Å². The van der Waals surface area contributed by atoms with E-state index in [1.807, 2.05) is 13.8 Å². The topological polar surface area (TPSA) is 83.1 Å². The molecule has 40 heavy (non-hydrogen) atoms. The van der Waals surface area contributed by atoms with E-state index in [0.29, 0.717) is 46.6 Å². The third kappa shape index (κ3) is 5.38. The summed E-state index contributed by atoms with van der Waals surface area (Å²) in [5, 5.41) is 3.72. The van der Waals surface area contributed by atoms with Crippen molar-refractivity contribution >= 4 is 30.6 Å². The highest BCUT2D eigenvalue weighted by molar-refractivity contribution is 6.48. The first-order valence-corrected chi connectivity index (χ1v) is 14.5. The van der Waals surface area contributed by atoms with Crippen LogP contribution in [0.4, 0.5) is 0 Å². The number of benzene rings is 2. The van der Waals surface area contributed by atoms with Gasteiger partial charge in [-0.3, -0.25) is 4.79 Å². The van der Waals surface area contributed by atoms with Gasteiger partial charge in [-0.15, -0.1) is 0 Å². The molecule has 6 rings (SSSR count). The van der Waals surface area contributed by atoms with E-state index in [9.17, 15) is 9.59 Å². The Morgan fingerprint density at radius 3 is 2.50 bits per heavy atom. The molecule has 2 aromatic carbocycles. The minimum Gasteiger partial charge on any atom is -0.496 e. The molecule has 1 saturated heterocycles. The summed E-state index contributed by atoms with van der Waals surface area (Å²) in [6.45, 7) is 10.5. The molecule has 0 aromatic heterocycles. The van der Waals surface area contributed by atoms with Crippen molar-refractivity contribution in [3.63, 3.8) is 0 Å². The van der Waals surface area contributed by atoms with Crippen LogP contribution in [0.3, 0.4) is 0 Å². The number of nitrogens with one attached hydrogen (secondary N) is 1. The van der Waals surface area contributed by atoms with Gasteiger partial charge in [0.1, 0.15) is 16.9 Å². The second-order valence-electron chi connectivity index (χ2n) is 12.8. The van der Waals surface area contributed by atoms with Crippen LogP contribution in [0.25, 0.3) is 0 Å². The second-order valence-corrected chi connectivity index (χ2v) is 13.2. The SMILES string of the molecule is COc1ccccc1C(=O)OC(C)(C)CCC(NC(=O)c1ccc(Cl)cc1)B1OC2CC3CC(C3(C)C)C2(C)O1. The fourth-order valence-corrected chi connectivity index (χ4v) is 7.00. The standard InChI is InChI=1S/C31H39BClNO6/c1-29(2,38-28(36)22-9-7-8-10-23(22)37-6)16-15-26(34-27(35)19-11-13-21(33)14-12-19)32-39-25-18-20-17-24(30(20,3)4)31(25,5)40-32/h7-14,20,24-26H,15-18H2,1-6H3,(H,34,35). The van der Waals surface area contributed by atoms with Gasteiger partial charge in [0.2, 0.25) is 0 Å². The number of para-hydroxylation sites is 1. The van der Waals surface area contributed by atoms with Crippen LogP contribution >= 0.6 is 11.6 Å². The zero-order valence-electron chi connectivity index (χ0n) is 24.2. The third-order valence-electron chi connectivity index (χ3n) is 9.47. The number of methoxy groups -OCH3 is 1. The molecule has 0 radical (unpaired) electrons. The smallest absolute Gasteiger partial charge is 0.481 e. The Balaban J connectivity index is 1.32. The van der Waals surface area contributed by atoms with Crippen molar-refractivity contribution in [2.45, 2.75) is 83.5 Å². The molecule has 5 unspecified atom stereocenters. The minimum atomic E-state index is -0.819. The molecule has 1 amide bonds. The number of amides is 1. The van der Waals surface area contributed by atoms with E-state index in [0.717, 1.165) is 12.8 Å². The Morgan fingerprint density at radius 1 is 1.12 bits per heavy atom. The molecule has 2 aromatic rings. The molecule has 214 valence electrons. The van der Waals surface area contributed by atoms with Gasteiger partial charge in [0.05, 0.1) is 24.8 Å². The quantitative estimate of drug-likeness (QED) is 0.290. The lowest BCUT2D eigenvalue weighted by Crippen LogP contribution is -2.65. The molecule has 4 fully saturated rings. The lowest BCUT2D eigenvalue weighted by Gasteiger charge is -2.64. The van der Waals surface area contributed by atoms with Gasteiger partial charge < -0.3 is 24.1 Å². The van der Waals surface area contributed by atoms with Crippen molar-refractivity contribution in [3.8, 4) is 5.75 Å². The number of rotatable bonds is 9. The first-order valence-electron chi connectivity index (χ1n) is 14.1. The number of hydrogen-bond donors (Lipinski definition) is 1. The summed E-state index contributed by atoms with van der Waals surface area (Å²) >= 11 is 6.04. The molecule has 5 atom stereocenters. The molecule has 1 aliphatic heterocycles. The lowest BCUT2D eigenvalue weighted by molar-refractivity contribution is -0.199. The molecule has 9 heteroatoms. The molecule has 2 bridgehead atoms. The molecule has 3 saturated carbocycles. The first-order chi connectivity index (χ1) is 18.8. The van der Waals surface area contributed by atoms with Gasteiger partial charge in [0, 0.05) is 10.6 Å². The highest BCUT2D eigenvalue weighted by Crippen LogP contribution is 2.65. The maximum absolute atomic E-state index is 13.3. The maximum atomic E-state index is 13.3. The normalized spacial score (nSPS) is 27.3. The van der Waals surface area contributed by atoms with Gasteiger partial charge in [-0.2, -0.15) is 0 Å². The molecular formula is C31H39BClNO6. The van der Waals surface area contributed by atoms with Gasteiger partial charge in [0.15, 0.2) is 0 Å². The summed E-state index contributed by atoms with van der Waals surface area (Å²) in [5.74, 6) is 0.338. The summed E-state index contributed by atoms with van der Waals surface area (Å²) in [4.78, 5) is 26.3. The maximum Gasteiger partial charge on any atom is 0.481 e. The zero-order valence-corrected chi connectivity index (χ0v) is 24.9. The Hall–Kier alpha value is -2.55.